The number of hydrogen-bond donors (Lipinski definition) is 1. The van der Waals surface area contributed by atoms with Crippen LogP contribution < -0.4 is 5.32 Å². The lowest BCUT2D eigenvalue weighted by Gasteiger charge is -2.56. The average Bonchev–Trinajstić information content (AvgIpc) is 3.30. The van der Waals surface area contributed by atoms with Gasteiger partial charge in [0.1, 0.15) is 22.0 Å². The Morgan fingerprint density at radius 3 is 2.51 bits per heavy atom. The zero-order chi connectivity index (χ0) is 24.2. The number of hydrogen-bond acceptors (Lipinski definition) is 8. The minimum absolute atomic E-state index is 0.0445. The monoisotopic (exact) mass is 518 g/mol. The summed E-state index contributed by atoms with van der Waals surface area (Å²) < 4.78 is 42.0. The highest BCUT2D eigenvalue weighted by molar-refractivity contribution is 7.89. The second-order valence-corrected chi connectivity index (χ2v) is 13.3. The van der Waals surface area contributed by atoms with Gasteiger partial charge in [-0.1, -0.05) is 6.07 Å². The molecule has 1 amide bonds. The zero-order valence-corrected chi connectivity index (χ0v) is 21.2. The SMILES string of the molecule is O=C(COC(=O)C1CCCCN1S(=O)(=O)c1cccc2nsnc12)NC12CC3CC(CC(C3)C1)C2. The van der Waals surface area contributed by atoms with E-state index in [1.807, 2.05) is 0 Å². The molecule has 1 saturated heterocycles. The van der Waals surface area contributed by atoms with Crippen LogP contribution in [0.3, 0.4) is 0 Å². The molecule has 1 aliphatic heterocycles. The first-order valence-electron chi connectivity index (χ1n) is 12.5. The maximum atomic E-state index is 13.5. The van der Waals surface area contributed by atoms with Crippen LogP contribution in [0, 0.1) is 17.8 Å². The summed E-state index contributed by atoms with van der Waals surface area (Å²) in [7, 11) is -3.99. The smallest absolute Gasteiger partial charge is 0.324 e. The van der Waals surface area contributed by atoms with Gasteiger partial charge in [-0.3, -0.25) is 9.59 Å². The molecule has 1 aromatic carbocycles. The van der Waals surface area contributed by atoms with Crippen LogP contribution in [-0.4, -0.2) is 58.1 Å². The third-order valence-corrected chi connectivity index (χ3v) is 10.8. The fourth-order valence-electron chi connectivity index (χ4n) is 7.37. The van der Waals surface area contributed by atoms with E-state index >= 15 is 0 Å². The number of piperidine rings is 1. The zero-order valence-electron chi connectivity index (χ0n) is 19.5. The van der Waals surface area contributed by atoms with Gasteiger partial charge in [0.05, 0.1) is 11.7 Å². The molecule has 0 spiro atoms. The van der Waals surface area contributed by atoms with E-state index in [4.69, 9.17) is 4.74 Å². The van der Waals surface area contributed by atoms with Gasteiger partial charge in [0, 0.05) is 12.1 Å². The van der Waals surface area contributed by atoms with E-state index in [0.717, 1.165) is 31.0 Å². The number of aromatic nitrogens is 2. The number of nitrogens with one attached hydrogen (secondary N) is 1. The molecule has 5 fully saturated rings. The Bertz CT molecular complexity index is 1220. The number of benzene rings is 1. The topological polar surface area (TPSA) is 119 Å². The highest BCUT2D eigenvalue weighted by Gasteiger charge is 2.51. The van der Waals surface area contributed by atoms with E-state index in [2.05, 4.69) is 14.1 Å². The Balaban J connectivity index is 1.13. The standard InChI is InChI=1S/C24H30N4O5S2/c29-21(25-24-11-15-8-16(12-24)10-17(9-15)13-24)14-33-23(30)19-5-1-2-7-28(19)35(31,32)20-6-3-4-18-22(20)27-34-26-18/h3-4,6,15-17,19H,1-2,5,7-14H2,(H,25,29). The largest absolute Gasteiger partial charge is 0.454 e. The Morgan fingerprint density at radius 1 is 1.09 bits per heavy atom. The molecule has 9 nitrogen and oxygen atoms in total. The van der Waals surface area contributed by atoms with Crippen LogP contribution in [0.15, 0.2) is 23.1 Å². The molecule has 1 N–H and O–H groups in total. The van der Waals surface area contributed by atoms with Crippen molar-refractivity contribution in [2.45, 2.75) is 74.3 Å². The molecule has 1 aromatic heterocycles. The molecule has 1 atom stereocenters. The van der Waals surface area contributed by atoms with Gasteiger partial charge in [0.15, 0.2) is 6.61 Å². The summed E-state index contributed by atoms with van der Waals surface area (Å²) in [6, 6.07) is 3.88. The van der Waals surface area contributed by atoms with Crippen LogP contribution in [0.25, 0.3) is 11.0 Å². The van der Waals surface area contributed by atoms with Crippen molar-refractivity contribution in [1.82, 2.24) is 18.4 Å². The summed E-state index contributed by atoms with van der Waals surface area (Å²) in [5.74, 6) is 1.13. The quantitative estimate of drug-likeness (QED) is 0.584. The van der Waals surface area contributed by atoms with Crippen molar-refractivity contribution in [2.75, 3.05) is 13.2 Å². The highest BCUT2D eigenvalue weighted by atomic mass is 32.2. The average molecular weight is 519 g/mol. The third-order valence-electron chi connectivity index (χ3n) is 8.35. The first-order chi connectivity index (χ1) is 16.8. The van der Waals surface area contributed by atoms with Crippen molar-refractivity contribution >= 4 is 44.7 Å². The summed E-state index contributed by atoms with van der Waals surface area (Å²) in [5, 5.41) is 3.21. The molecule has 4 aliphatic carbocycles. The van der Waals surface area contributed by atoms with E-state index in [1.165, 1.54) is 29.6 Å². The van der Waals surface area contributed by atoms with Crippen LogP contribution in [0.2, 0.25) is 0 Å². The fraction of sp³-hybridized carbons (Fsp3) is 0.667. The number of carbonyl (C=O) groups excluding carboxylic acids is 2. The van der Waals surface area contributed by atoms with Gasteiger partial charge in [-0.15, -0.1) is 0 Å². The minimum Gasteiger partial charge on any atom is -0.454 e. The van der Waals surface area contributed by atoms with Crippen molar-refractivity contribution in [2.24, 2.45) is 17.8 Å². The van der Waals surface area contributed by atoms with Gasteiger partial charge in [0.25, 0.3) is 5.91 Å². The van der Waals surface area contributed by atoms with Crippen LogP contribution in [-0.2, 0) is 24.3 Å². The first kappa shape index (κ1) is 23.3. The summed E-state index contributed by atoms with van der Waals surface area (Å²) in [5.41, 5.74) is 0.664. The van der Waals surface area contributed by atoms with Crippen molar-refractivity contribution in [1.29, 1.82) is 0 Å². The third kappa shape index (κ3) is 4.25. The predicted molar refractivity (Wildman–Crippen MR) is 129 cm³/mol. The van der Waals surface area contributed by atoms with Gasteiger partial charge in [0.2, 0.25) is 10.0 Å². The van der Waals surface area contributed by atoms with Crippen molar-refractivity contribution in [3.8, 4) is 0 Å². The van der Waals surface area contributed by atoms with E-state index in [-0.39, 0.29) is 29.5 Å². The number of esters is 1. The first-order valence-corrected chi connectivity index (χ1v) is 14.7. The molecule has 5 aliphatic rings. The maximum Gasteiger partial charge on any atom is 0.324 e. The second-order valence-electron chi connectivity index (χ2n) is 10.9. The van der Waals surface area contributed by atoms with Crippen LogP contribution in [0.1, 0.15) is 57.8 Å². The van der Waals surface area contributed by atoms with Crippen molar-refractivity contribution in [3.63, 3.8) is 0 Å². The van der Waals surface area contributed by atoms with Gasteiger partial charge < -0.3 is 10.1 Å². The Hall–Kier alpha value is -2.11. The molecule has 4 bridgehead atoms. The van der Waals surface area contributed by atoms with Gasteiger partial charge in [-0.2, -0.15) is 13.1 Å². The number of ether oxygens (including phenoxy) is 1. The van der Waals surface area contributed by atoms with Gasteiger partial charge in [-0.05, 0) is 87.7 Å². The number of rotatable bonds is 6. The van der Waals surface area contributed by atoms with Crippen LogP contribution in [0.4, 0.5) is 0 Å². The molecule has 2 aromatic rings. The maximum absolute atomic E-state index is 13.5. The summed E-state index contributed by atoms with van der Waals surface area (Å²) in [6.07, 6.45) is 8.62. The van der Waals surface area contributed by atoms with Gasteiger partial charge >= 0.3 is 5.97 Å². The highest BCUT2D eigenvalue weighted by Crippen LogP contribution is 2.55. The molecule has 188 valence electrons. The molecule has 1 unspecified atom stereocenters. The molecular weight excluding hydrogens is 488 g/mol. The number of nitrogens with zero attached hydrogens (tertiary/aromatic N) is 3. The van der Waals surface area contributed by atoms with E-state index in [1.54, 1.807) is 12.1 Å². The van der Waals surface area contributed by atoms with Crippen molar-refractivity contribution in [3.05, 3.63) is 18.2 Å². The van der Waals surface area contributed by atoms with Crippen LogP contribution in [0.5, 0.6) is 0 Å². The fourth-order valence-corrected chi connectivity index (χ4v) is 9.77. The molecule has 35 heavy (non-hydrogen) atoms. The van der Waals surface area contributed by atoms with E-state index < -0.39 is 22.0 Å². The lowest BCUT2D eigenvalue weighted by molar-refractivity contribution is -0.154. The summed E-state index contributed by atoms with van der Waals surface area (Å²) in [6.45, 7) is -0.161. The van der Waals surface area contributed by atoms with E-state index in [0.29, 0.717) is 48.0 Å². The minimum atomic E-state index is -3.99. The lowest BCUT2D eigenvalue weighted by atomic mass is 9.53. The predicted octanol–water partition coefficient (Wildman–Crippen LogP) is 2.86. The number of fused-ring (bicyclic) bond motifs is 1. The molecule has 4 saturated carbocycles. The molecule has 11 heteroatoms. The lowest BCUT2D eigenvalue weighted by Crippen LogP contribution is -2.60. The Labute approximate surface area is 209 Å². The Kier molecular flexibility index (Phi) is 5.84. The Morgan fingerprint density at radius 2 is 1.80 bits per heavy atom. The van der Waals surface area contributed by atoms with Crippen LogP contribution >= 0.6 is 11.7 Å². The van der Waals surface area contributed by atoms with Crippen molar-refractivity contribution < 1.29 is 22.7 Å². The number of carbonyl (C=O) groups is 2. The summed E-state index contributed by atoms with van der Waals surface area (Å²) in [4.78, 5) is 25.9. The molecule has 0 radical (unpaired) electrons. The van der Waals surface area contributed by atoms with Gasteiger partial charge in [-0.25, -0.2) is 8.42 Å². The molecule has 7 rings (SSSR count). The normalized spacial score (nSPS) is 32.6. The van der Waals surface area contributed by atoms with E-state index in [9.17, 15) is 18.0 Å². The second kappa shape index (κ2) is 8.77. The molecule has 2 heterocycles. The molecular formula is C24H30N4O5S2. The number of sulfonamides is 1. The summed E-state index contributed by atoms with van der Waals surface area (Å²) >= 11 is 0.952. The number of amides is 1.